The first kappa shape index (κ1) is 10.4. The quantitative estimate of drug-likeness (QED) is 0.747. The molecule has 0 amide bonds. The molecule has 0 saturated heterocycles. The third-order valence-electron chi connectivity index (χ3n) is 2.99. The minimum absolute atomic E-state index is 0.267. The summed E-state index contributed by atoms with van der Waals surface area (Å²) in [6, 6.07) is 2.42. The molecule has 1 atom stereocenters. The number of hydrogen-bond donors (Lipinski definition) is 1. The number of hydrogen-bond acceptors (Lipinski definition) is 2. The average Bonchev–Trinajstić information content (AvgIpc) is 2.45. The normalized spacial score (nSPS) is 21.5. The van der Waals surface area contributed by atoms with Crippen LogP contribution in [0.4, 0.5) is 0 Å². The van der Waals surface area contributed by atoms with Crippen LogP contribution in [-0.4, -0.2) is 15.8 Å². The van der Waals surface area contributed by atoms with Gasteiger partial charge in [0.2, 0.25) is 0 Å². The molecular weight excluding hydrogens is 186 g/mol. The first-order valence-electron chi connectivity index (χ1n) is 5.60. The molecule has 2 N–H and O–H groups in total. The van der Waals surface area contributed by atoms with E-state index in [4.69, 9.17) is 5.73 Å². The zero-order valence-corrected chi connectivity index (χ0v) is 9.53. The lowest BCUT2D eigenvalue weighted by atomic mass is 9.93. The van der Waals surface area contributed by atoms with Crippen molar-refractivity contribution in [3.63, 3.8) is 0 Å². The molecule has 1 aromatic heterocycles. The average molecular weight is 205 g/mol. The largest absolute Gasteiger partial charge is 0.324 e. The first-order valence-corrected chi connectivity index (χ1v) is 5.60. The molecule has 0 aromatic carbocycles. The molecule has 0 radical (unpaired) electrons. The molecule has 1 aliphatic rings. The van der Waals surface area contributed by atoms with Crippen LogP contribution < -0.4 is 5.73 Å². The second kappa shape index (κ2) is 4.19. The van der Waals surface area contributed by atoms with Gasteiger partial charge in [0.25, 0.3) is 0 Å². The number of aryl methyl sites for hydroxylation is 2. The molecule has 1 heterocycles. The molecule has 2 rings (SSSR count). The van der Waals surface area contributed by atoms with E-state index in [0.29, 0.717) is 0 Å². The Labute approximate surface area is 91.0 Å². The van der Waals surface area contributed by atoms with E-state index in [1.54, 1.807) is 0 Å². The third-order valence-corrected chi connectivity index (χ3v) is 2.99. The summed E-state index contributed by atoms with van der Waals surface area (Å²) in [5.41, 5.74) is 9.77. The van der Waals surface area contributed by atoms with E-state index in [1.165, 1.54) is 24.1 Å². The van der Waals surface area contributed by atoms with Gasteiger partial charge in [-0.3, -0.25) is 4.68 Å². The molecule has 0 saturated carbocycles. The monoisotopic (exact) mass is 205 g/mol. The minimum Gasteiger partial charge on any atom is -0.324 e. The van der Waals surface area contributed by atoms with Crippen LogP contribution in [0.1, 0.15) is 30.7 Å². The highest BCUT2D eigenvalue weighted by Crippen LogP contribution is 2.20. The van der Waals surface area contributed by atoms with E-state index in [1.807, 2.05) is 18.7 Å². The highest BCUT2D eigenvalue weighted by atomic mass is 15.3. The van der Waals surface area contributed by atoms with Crippen molar-refractivity contribution in [2.24, 2.45) is 12.8 Å². The van der Waals surface area contributed by atoms with Crippen LogP contribution in [-0.2, 0) is 13.5 Å². The molecule has 1 aliphatic carbocycles. The molecule has 82 valence electrons. The summed E-state index contributed by atoms with van der Waals surface area (Å²) < 4.78 is 1.97. The van der Waals surface area contributed by atoms with Crippen molar-refractivity contribution in [2.45, 2.75) is 38.6 Å². The topological polar surface area (TPSA) is 43.8 Å². The molecule has 1 aromatic rings. The fourth-order valence-electron chi connectivity index (χ4n) is 2.24. The Balaban J connectivity index is 2.11. The zero-order valence-electron chi connectivity index (χ0n) is 9.53. The lowest BCUT2D eigenvalue weighted by Gasteiger charge is -2.17. The fraction of sp³-hybridized carbons (Fsp3) is 0.583. The van der Waals surface area contributed by atoms with Crippen LogP contribution in [0.15, 0.2) is 17.7 Å². The highest BCUT2D eigenvalue weighted by molar-refractivity contribution is 5.20. The van der Waals surface area contributed by atoms with Crippen molar-refractivity contribution >= 4 is 0 Å². The molecule has 0 aliphatic heterocycles. The summed E-state index contributed by atoms with van der Waals surface area (Å²) in [5.74, 6) is 0. The highest BCUT2D eigenvalue weighted by Gasteiger charge is 2.11. The molecule has 1 unspecified atom stereocenters. The van der Waals surface area contributed by atoms with Crippen LogP contribution in [0.2, 0.25) is 0 Å². The second-order valence-corrected chi connectivity index (χ2v) is 4.46. The smallest absolute Gasteiger partial charge is 0.0596 e. The number of nitrogens with two attached hydrogens (primary N) is 1. The van der Waals surface area contributed by atoms with Crippen LogP contribution in [0.5, 0.6) is 0 Å². The fourth-order valence-corrected chi connectivity index (χ4v) is 2.24. The molecule has 0 spiro atoms. The summed E-state index contributed by atoms with van der Waals surface area (Å²) in [7, 11) is 2.01. The first-order chi connectivity index (χ1) is 7.15. The van der Waals surface area contributed by atoms with Crippen molar-refractivity contribution in [2.75, 3.05) is 0 Å². The number of rotatable bonds is 2. The second-order valence-electron chi connectivity index (χ2n) is 4.46. The molecular formula is C12H19N3. The zero-order chi connectivity index (χ0) is 10.8. The Morgan fingerprint density at radius 2 is 2.40 bits per heavy atom. The van der Waals surface area contributed by atoms with E-state index in [0.717, 1.165) is 18.5 Å². The lowest BCUT2D eigenvalue weighted by molar-refractivity contribution is 0.609. The SMILES string of the molecule is Cc1cc(CC2=CC(N)CCC2)n(C)n1. The van der Waals surface area contributed by atoms with E-state index in [9.17, 15) is 0 Å². The van der Waals surface area contributed by atoms with Gasteiger partial charge in [-0.25, -0.2) is 0 Å². The Kier molecular flexibility index (Phi) is 2.91. The third kappa shape index (κ3) is 2.48. The maximum atomic E-state index is 5.92. The van der Waals surface area contributed by atoms with Gasteiger partial charge in [0, 0.05) is 25.2 Å². The summed E-state index contributed by atoms with van der Waals surface area (Å²) in [4.78, 5) is 0. The van der Waals surface area contributed by atoms with Gasteiger partial charge in [0.1, 0.15) is 0 Å². The molecule has 3 heteroatoms. The van der Waals surface area contributed by atoms with Crippen LogP contribution in [0.25, 0.3) is 0 Å². The number of nitrogens with zero attached hydrogens (tertiary/aromatic N) is 2. The summed E-state index contributed by atoms with van der Waals surface area (Å²) in [5, 5.41) is 4.35. The molecule has 0 fully saturated rings. The van der Waals surface area contributed by atoms with Crippen LogP contribution >= 0.6 is 0 Å². The minimum atomic E-state index is 0.267. The lowest BCUT2D eigenvalue weighted by Crippen LogP contribution is -2.21. The van der Waals surface area contributed by atoms with Crippen molar-refractivity contribution in [1.82, 2.24) is 9.78 Å². The predicted octanol–water partition coefficient (Wildman–Crippen LogP) is 1.71. The standard InChI is InChI=1S/C12H19N3/c1-9-6-12(15(2)14-9)8-10-4-3-5-11(13)7-10/h6-7,11H,3-5,8,13H2,1-2H3. The maximum Gasteiger partial charge on any atom is 0.0596 e. The van der Waals surface area contributed by atoms with Gasteiger partial charge >= 0.3 is 0 Å². The van der Waals surface area contributed by atoms with Gasteiger partial charge in [-0.2, -0.15) is 5.10 Å². The van der Waals surface area contributed by atoms with E-state index in [-0.39, 0.29) is 6.04 Å². The van der Waals surface area contributed by atoms with E-state index in [2.05, 4.69) is 17.2 Å². The Morgan fingerprint density at radius 3 is 3.00 bits per heavy atom. The Hall–Kier alpha value is -1.09. The van der Waals surface area contributed by atoms with Gasteiger partial charge in [0.15, 0.2) is 0 Å². The Morgan fingerprint density at radius 1 is 1.60 bits per heavy atom. The van der Waals surface area contributed by atoms with Gasteiger partial charge in [-0.05, 0) is 32.3 Å². The summed E-state index contributed by atoms with van der Waals surface area (Å²) in [6.07, 6.45) is 6.78. The van der Waals surface area contributed by atoms with Gasteiger partial charge < -0.3 is 5.73 Å². The summed E-state index contributed by atoms with van der Waals surface area (Å²) >= 11 is 0. The Bertz CT molecular complexity index is 376. The van der Waals surface area contributed by atoms with Crippen molar-refractivity contribution in [3.05, 3.63) is 29.1 Å². The number of aromatic nitrogens is 2. The van der Waals surface area contributed by atoms with Crippen molar-refractivity contribution in [3.8, 4) is 0 Å². The van der Waals surface area contributed by atoms with Gasteiger partial charge in [0.05, 0.1) is 5.69 Å². The van der Waals surface area contributed by atoms with E-state index < -0.39 is 0 Å². The van der Waals surface area contributed by atoms with Crippen LogP contribution in [0.3, 0.4) is 0 Å². The number of allylic oxidation sites excluding steroid dienone is 1. The van der Waals surface area contributed by atoms with E-state index >= 15 is 0 Å². The predicted molar refractivity (Wildman–Crippen MR) is 61.6 cm³/mol. The molecule has 0 bridgehead atoms. The van der Waals surface area contributed by atoms with Crippen molar-refractivity contribution in [1.29, 1.82) is 0 Å². The van der Waals surface area contributed by atoms with Crippen molar-refractivity contribution < 1.29 is 0 Å². The maximum absolute atomic E-state index is 5.92. The van der Waals surface area contributed by atoms with Crippen LogP contribution in [0, 0.1) is 6.92 Å². The molecule has 3 nitrogen and oxygen atoms in total. The van der Waals surface area contributed by atoms with Gasteiger partial charge in [-0.15, -0.1) is 0 Å². The molecule has 15 heavy (non-hydrogen) atoms. The summed E-state index contributed by atoms with van der Waals surface area (Å²) in [6.45, 7) is 2.03. The van der Waals surface area contributed by atoms with Gasteiger partial charge in [-0.1, -0.05) is 11.6 Å².